The van der Waals surface area contributed by atoms with E-state index in [1.54, 1.807) is 24.4 Å². The molecule has 5 nitrogen and oxygen atoms in total. The van der Waals surface area contributed by atoms with E-state index in [2.05, 4.69) is 14.6 Å². The Morgan fingerprint density at radius 2 is 1.65 bits per heavy atom. The first-order valence-electron chi connectivity index (χ1n) is 12.5. The maximum atomic E-state index is 13.0. The van der Waals surface area contributed by atoms with Gasteiger partial charge in [0.1, 0.15) is 4.90 Å². The fourth-order valence-electron chi connectivity index (χ4n) is 5.35. The Morgan fingerprint density at radius 3 is 2.27 bits per heavy atom. The van der Waals surface area contributed by atoms with Crippen LogP contribution in [-0.2, 0) is 22.6 Å². The lowest BCUT2D eigenvalue weighted by atomic mass is 9.84. The Labute approximate surface area is 230 Å². The zero-order valence-corrected chi connectivity index (χ0v) is 23.1. The molecule has 37 heavy (non-hydrogen) atoms. The Morgan fingerprint density at radius 1 is 0.946 bits per heavy atom. The van der Waals surface area contributed by atoms with E-state index in [0.29, 0.717) is 18.3 Å². The number of likely N-dealkylation sites (tertiary alicyclic amines) is 1. The van der Waals surface area contributed by atoms with Crippen molar-refractivity contribution in [3.63, 3.8) is 0 Å². The molecule has 1 saturated heterocycles. The first kappa shape index (κ1) is 31.8. The molecule has 2 heterocycles. The second-order valence-corrected chi connectivity index (χ2v) is 11.7. The maximum absolute atomic E-state index is 13.0. The van der Waals surface area contributed by atoms with Gasteiger partial charge in [0.25, 0.3) is 0 Å². The van der Waals surface area contributed by atoms with Crippen molar-refractivity contribution in [3.8, 4) is 0 Å². The first-order chi connectivity index (χ1) is 16.7. The molecule has 1 saturated carbocycles. The second kappa shape index (κ2) is 14.1. The van der Waals surface area contributed by atoms with Crippen LogP contribution in [-0.4, -0.2) is 44.0 Å². The largest absolute Gasteiger partial charge is 0.416 e. The Kier molecular flexibility index (Phi) is 12.1. The van der Waals surface area contributed by atoms with E-state index < -0.39 is 21.8 Å². The van der Waals surface area contributed by atoms with E-state index in [9.17, 15) is 21.6 Å². The number of hydrogen-bond acceptors (Lipinski definition) is 4. The van der Waals surface area contributed by atoms with Gasteiger partial charge in [0.05, 0.1) is 5.56 Å². The summed E-state index contributed by atoms with van der Waals surface area (Å²) in [5.74, 6) is 1.04. The lowest BCUT2D eigenvalue weighted by molar-refractivity contribution is -0.137. The number of nitrogens with one attached hydrogen (secondary N) is 1. The Bertz CT molecular complexity index is 1060. The van der Waals surface area contributed by atoms with Crippen molar-refractivity contribution in [1.82, 2.24) is 14.6 Å². The molecule has 0 bridgehead atoms. The number of sulfonamides is 1. The van der Waals surface area contributed by atoms with Gasteiger partial charge in [0.2, 0.25) is 10.0 Å². The number of pyridine rings is 1. The highest BCUT2D eigenvalue weighted by atomic mass is 35.5. The Hall–Kier alpha value is -1.39. The SMILES string of the molecule is Cl.Cl.O=S(=O)(N[C@H]1CC[C@H](CCN2CCC(Cc3cccc(C(F)(F)F)c3)CC2)CC1)c1cccnc1. The molecular formula is C26H36Cl2F3N3O2S. The molecule has 0 amide bonds. The van der Waals surface area contributed by atoms with Crippen molar-refractivity contribution >= 4 is 34.8 Å². The maximum Gasteiger partial charge on any atom is 0.416 e. The van der Waals surface area contributed by atoms with Gasteiger partial charge in [-0.3, -0.25) is 4.98 Å². The van der Waals surface area contributed by atoms with E-state index in [-0.39, 0.29) is 35.8 Å². The summed E-state index contributed by atoms with van der Waals surface area (Å²) in [5, 5.41) is 0. The molecule has 1 aromatic carbocycles. The number of hydrogen-bond donors (Lipinski definition) is 1. The third-order valence-electron chi connectivity index (χ3n) is 7.45. The Balaban J connectivity index is 0.00000241. The molecular weight excluding hydrogens is 546 g/mol. The van der Waals surface area contributed by atoms with Gasteiger partial charge in [-0.15, -0.1) is 24.8 Å². The number of piperidine rings is 1. The van der Waals surface area contributed by atoms with Gasteiger partial charge in [-0.2, -0.15) is 13.2 Å². The number of rotatable bonds is 8. The highest BCUT2D eigenvalue weighted by molar-refractivity contribution is 7.89. The lowest BCUT2D eigenvalue weighted by Gasteiger charge is -2.34. The minimum absolute atomic E-state index is 0. The third-order valence-corrected chi connectivity index (χ3v) is 8.96. The monoisotopic (exact) mass is 581 g/mol. The molecule has 1 aliphatic carbocycles. The van der Waals surface area contributed by atoms with Crippen molar-refractivity contribution in [3.05, 3.63) is 59.9 Å². The molecule has 4 rings (SSSR count). The predicted octanol–water partition coefficient (Wildman–Crippen LogP) is 6.13. The quantitative estimate of drug-likeness (QED) is 0.407. The zero-order valence-electron chi connectivity index (χ0n) is 20.7. The van der Waals surface area contributed by atoms with Crippen molar-refractivity contribution < 1.29 is 21.6 Å². The number of aromatic nitrogens is 1. The molecule has 11 heteroatoms. The molecule has 0 radical (unpaired) electrons. The summed E-state index contributed by atoms with van der Waals surface area (Å²) in [6.45, 7) is 3.01. The average molecular weight is 583 g/mol. The van der Waals surface area contributed by atoms with Crippen LogP contribution in [0, 0.1) is 11.8 Å². The third kappa shape index (κ3) is 9.39. The van der Waals surface area contributed by atoms with Crippen LogP contribution in [0.5, 0.6) is 0 Å². The van der Waals surface area contributed by atoms with Gasteiger partial charge in [0, 0.05) is 18.4 Å². The van der Waals surface area contributed by atoms with Crippen LogP contribution >= 0.6 is 24.8 Å². The summed E-state index contributed by atoms with van der Waals surface area (Å²) in [4.78, 5) is 6.58. The molecule has 2 aliphatic rings. The highest BCUT2D eigenvalue weighted by Gasteiger charge is 2.31. The van der Waals surface area contributed by atoms with Crippen molar-refractivity contribution in [2.45, 2.75) is 68.5 Å². The van der Waals surface area contributed by atoms with E-state index >= 15 is 0 Å². The summed E-state index contributed by atoms with van der Waals surface area (Å²) < 4.78 is 66.7. The summed E-state index contributed by atoms with van der Waals surface area (Å²) >= 11 is 0. The number of halogens is 5. The van der Waals surface area contributed by atoms with Crippen LogP contribution in [0.3, 0.4) is 0 Å². The van der Waals surface area contributed by atoms with Crippen molar-refractivity contribution in [2.24, 2.45) is 11.8 Å². The molecule has 0 spiro atoms. The van der Waals surface area contributed by atoms with Gasteiger partial charge in [-0.25, -0.2) is 13.1 Å². The molecule has 1 N–H and O–H groups in total. The van der Waals surface area contributed by atoms with Gasteiger partial charge >= 0.3 is 6.18 Å². The van der Waals surface area contributed by atoms with Gasteiger partial charge in [-0.1, -0.05) is 18.2 Å². The van der Waals surface area contributed by atoms with Crippen molar-refractivity contribution in [1.29, 1.82) is 0 Å². The van der Waals surface area contributed by atoms with Gasteiger partial charge < -0.3 is 4.90 Å². The van der Waals surface area contributed by atoms with E-state index in [0.717, 1.165) is 76.2 Å². The summed E-state index contributed by atoms with van der Waals surface area (Å²) in [5.41, 5.74) is 0.209. The van der Waals surface area contributed by atoms with Crippen LogP contribution in [0.25, 0.3) is 0 Å². The van der Waals surface area contributed by atoms with Crippen LogP contribution in [0.4, 0.5) is 13.2 Å². The molecule has 1 aliphatic heterocycles. The molecule has 2 aromatic rings. The zero-order chi connectivity index (χ0) is 24.9. The van der Waals surface area contributed by atoms with E-state index in [1.807, 2.05) is 0 Å². The molecule has 0 unspecified atom stereocenters. The fourth-order valence-corrected chi connectivity index (χ4v) is 6.62. The number of alkyl halides is 3. The smallest absolute Gasteiger partial charge is 0.303 e. The predicted molar refractivity (Wildman–Crippen MR) is 144 cm³/mol. The minimum atomic E-state index is -4.29. The van der Waals surface area contributed by atoms with Gasteiger partial charge in [0.15, 0.2) is 0 Å². The molecule has 1 aromatic heterocycles. The van der Waals surface area contributed by atoms with Crippen LogP contribution < -0.4 is 4.72 Å². The molecule has 0 atom stereocenters. The first-order valence-corrected chi connectivity index (χ1v) is 14.0. The summed E-state index contributed by atoms with van der Waals surface area (Å²) in [6.07, 6.45) is 6.22. The number of nitrogens with zero attached hydrogens (tertiary/aromatic N) is 2. The van der Waals surface area contributed by atoms with E-state index in [4.69, 9.17) is 0 Å². The average Bonchev–Trinajstić information content (AvgIpc) is 2.84. The lowest BCUT2D eigenvalue weighted by Crippen LogP contribution is -2.39. The standard InChI is InChI=1S/C26H34F3N3O2S.2ClH/c27-26(28,29)23-4-1-3-22(18-23)17-21-11-15-32(16-12-21)14-10-20-6-8-24(9-7-20)31-35(33,34)25-5-2-13-30-19-25;;/h1-5,13,18-21,24,31H,6-12,14-17H2;2*1H/t20-,24-;;. The minimum Gasteiger partial charge on any atom is -0.303 e. The normalized spacial score (nSPS) is 21.6. The van der Waals surface area contributed by atoms with Crippen LogP contribution in [0.15, 0.2) is 53.7 Å². The summed E-state index contributed by atoms with van der Waals surface area (Å²) in [6, 6.07) is 8.89. The number of benzene rings is 1. The second-order valence-electron chi connectivity index (χ2n) is 10.0. The molecule has 208 valence electrons. The van der Waals surface area contributed by atoms with Gasteiger partial charge in [-0.05, 0) is 107 Å². The van der Waals surface area contributed by atoms with E-state index in [1.165, 1.54) is 18.3 Å². The fraction of sp³-hybridized carbons (Fsp3) is 0.577. The van der Waals surface area contributed by atoms with Crippen LogP contribution in [0.2, 0.25) is 0 Å². The topological polar surface area (TPSA) is 62.3 Å². The molecule has 2 fully saturated rings. The highest BCUT2D eigenvalue weighted by Crippen LogP contribution is 2.32. The summed E-state index contributed by atoms with van der Waals surface area (Å²) in [7, 11) is -3.52. The van der Waals surface area contributed by atoms with Crippen LogP contribution in [0.1, 0.15) is 56.1 Å². The van der Waals surface area contributed by atoms with Crippen molar-refractivity contribution in [2.75, 3.05) is 19.6 Å².